The molecule has 1 aromatic carbocycles. The molecule has 1 aliphatic rings. The van der Waals surface area contributed by atoms with E-state index in [0.717, 1.165) is 12.2 Å². The minimum atomic E-state index is 0.390. The van der Waals surface area contributed by atoms with Crippen LogP contribution in [0.4, 0.5) is 0 Å². The second-order valence-electron chi connectivity index (χ2n) is 6.13. The number of rotatable bonds is 6. The molecule has 0 radical (unpaired) electrons. The van der Waals surface area contributed by atoms with Crippen molar-refractivity contribution in [3.8, 4) is 5.75 Å². The third-order valence-electron chi connectivity index (χ3n) is 4.17. The van der Waals surface area contributed by atoms with Gasteiger partial charge in [0.15, 0.2) is 0 Å². The fraction of sp³-hybridized carbons (Fsp3) is 0.647. The van der Waals surface area contributed by atoms with E-state index in [-0.39, 0.29) is 0 Å². The first-order chi connectivity index (χ1) is 9.10. The lowest BCUT2D eigenvalue weighted by molar-refractivity contribution is 0.212. The van der Waals surface area contributed by atoms with E-state index in [0.29, 0.717) is 18.1 Å². The lowest BCUT2D eigenvalue weighted by atomic mass is 9.96. The normalized spacial score (nSPS) is 19.3. The molecule has 106 valence electrons. The highest BCUT2D eigenvalue weighted by molar-refractivity contribution is 5.40. The first-order valence-corrected chi connectivity index (χ1v) is 7.53. The fourth-order valence-corrected chi connectivity index (χ4v) is 2.99. The predicted molar refractivity (Wildman–Crippen MR) is 80.8 cm³/mol. The van der Waals surface area contributed by atoms with Crippen LogP contribution in [-0.2, 0) is 6.42 Å². The summed E-state index contributed by atoms with van der Waals surface area (Å²) in [5, 5.41) is 3.41. The largest absolute Gasteiger partial charge is 0.490 e. The summed E-state index contributed by atoms with van der Waals surface area (Å²) in [6.07, 6.45) is 5.12. The maximum Gasteiger partial charge on any atom is 0.123 e. The number of fused-ring (bicyclic) bond motifs is 1. The van der Waals surface area contributed by atoms with Crippen molar-refractivity contribution in [1.29, 1.82) is 0 Å². The van der Waals surface area contributed by atoms with Gasteiger partial charge < -0.3 is 10.1 Å². The van der Waals surface area contributed by atoms with E-state index in [2.05, 4.69) is 51.3 Å². The van der Waals surface area contributed by atoms with E-state index in [9.17, 15) is 0 Å². The van der Waals surface area contributed by atoms with Gasteiger partial charge in [-0.25, -0.2) is 0 Å². The van der Waals surface area contributed by atoms with Crippen LogP contribution in [0.2, 0.25) is 0 Å². The Hall–Kier alpha value is -1.02. The summed E-state index contributed by atoms with van der Waals surface area (Å²) in [6.45, 7) is 6.71. The van der Waals surface area contributed by atoms with Crippen molar-refractivity contribution < 1.29 is 4.74 Å². The first-order valence-electron chi connectivity index (χ1n) is 7.53. The Balaban J connectivity index is 1.78. The van der Waals surface area contributed by atoms with Gasteiger partial charge in [0.05, 0.1) is 0 Å². The number of hydrogen-bond donors (Lipinski definition) is 1. The van der Waals surface area contributed by atoms with Crippen molar-refractivity contribution in [3.63, 3.8) is 0 Å². The molecule has 0 amide bonds. The zero-order chi connectivity index (χ0) is 13.8. The molecule has 2 unspecified atom stereocenters. The molecule has 2 heteroatoms. The van der Waals surface area contributed by atoms with Gasteiger partial charge in [-0.2, -0.15) is 0 Å². The van der Waals surface area contributed by atoms with Gasteiger partial charge in [0.1, 0.15) is 11.9 Å². The number of benzene rings is 1. The quantitative estimate of drug-likeness (QED) is 0.843. The zero-order valence-corrected chi connectivity index (χ0v) is 12.7. The van der Waals surface area contributed by atoms with Crippen LogP contribution in [0.1, 0.15) is 44.2 Å². The summed E-state index contributed by atoms with van der Waals surface area (Å²) in [5.74, 6) is 1.80. The van der Waals surface area contributed by atoms with Crippen molar-refractivity contribution in [1.82, 2.24) is 5.32 Å². The van der Waals surface area contributed by atoms with Gasteiger partial charge in [0.2, 0.25) is 0 Å². The van der Waals surface area contributed by atoms with E-state index in [1.807, 2.05) is 0 Å². The highest BCUT2D eigenvalue weighted by atomic mass is 16.5. The fourth-order valence-electron chi connectivity index (χ4n) is 2.99. The Labute approximate surface area is 117 Å². The molecule has 0 fully saturated rings. The van der Waals surface area contributed by atoms with Gasteiger partial charge >= 0.3 is 0 Å². The van der Waals surface area contributed by atoms with Crippen LogP contribution in [0.25, 0.3) is 0 Å². The maximum absolute atomic E-state index is 6.02. The van der Waals surface area contributed by atoms with Crippen LogP contribution < -0.4 is 10.1 Å². The summed E-state index contributed by atoms with van der Waals surface area (Å²) in [7, 11) is 2.06. The maximum atomic E-state index is 6.02. The Morgan fingerprint density at radius 3 is 2.84 bits per heavy atom. The van der Waals surface area contributed by atoms with Gasteiger partial charge in [-0.1, -0.05) is 31.5 Å². The molecule has 1 N–H and O–H groups in total. The standard InChI is InChI=1S/C17H27NO/c1-12(2)16(18-4)7-5-6-15-11-14-10-13(3)8-9-17(14)19-15/h8-10,12,15-16,18H,5-7,11H2,1-4H3. The summed E-state index contributed by atoms with van der Waals surface area (Å²) in [4.78, 5) is 0. The lowest BCUT2D eigenvalue weighted by Crippen LogP contribution is -2.30. The number of hydrogen-bond acceptors (Lipinski definition) is 2. The Morgan fingerprint density at radius 1 is 1.37 bits per heavy atom. The van der Waals surface area contributed by atoms with Crippen molar-refractivity contribution in [3.05, 3.63) is 29.3 Å². The molecule has 1 aromatic rings. The second kappa shape index (κ2) is 6.42. The van der Waals surface area contributed by atoms with E-state index >= 15 is 0 Å². The Kier molecular flexibility index (Phi) is 4.87. The highest BCUT2D eigenvalue weighted by Crippen LogP contribution is 2.31. The molecule has 0 saturated heterocycles. The lowest BCUT2D eigenvalue weighted by Gasteiger charge is -2.20. The smallest absolute Gasteiger partial charge is 0.123 e. The average molecular weight is 261 g/mol. The molecular formula is C17H27NO. The predicted octanol–water partition coefficient (Wildman–Crippen LogP) is 3.71. The molecule has 0 spiro atoms. The van der Waals surface area contributed by atoms with Gasteiger partial charge in [-0.05, 0) is 50.8 Å². The summed E-state index contributed by atoms with van der Waals surface area (Å²) in [5.41, 5.74) is 2.72. The van der Waals surface area contributed by atoms with Crippen LogP contribution in [0.5, 0.6) is 5.75 Å². The molecular weight excluding hydrogens is 234 g/mol. The van der Waals surface area contributed by atoms with Crippen LogP contribution in [0.15, 0.2) is 18.2 Å². The van der Waals surface area contributed by atoms with E-state index in [1.54, 1.807) is 0 Å². The Bertz CT molecular complexity index is 414. The van der Waals surface area contributed by atoms with Crippen LogP contribution in [-0.4, -0.2) is 19.2 Å². The molecule has 2 atom stereocenters. The highest BCUT2D eigenvalue weighted by Gasteiger charge is 2.22. The summed E-state index contributed by atoms with van der Waals surface area (Å²) >= 11 is 0. The third-order valence-corrected chi connectivity index (χ3v) is 4.17. The first kappa shape index (κ1) is 14.4. The molecule has 2 rings (SSSR count). The topological polar surface area (TPSA) is 21.3 Å². The molecule has 19 heavy (non-hydrogen) atoms. The van der Waals surface area contributed by atoms with E-state index in [4.69, 9.17) is 4.74 Å². The molecule has 0 aliphatic carbocycles. The summed E-state index contributed by atoms with van der Waals surface area (Å²) < 4.78 is 6.02. The number of ether oxygens (including phenoxy) is 1. The van der Waals surface area contributed by atoms with Crippen molar-refractivity contribution in [2.24, 2.45) is 5.92 Å². The molecule has 2 nitrogen and oxygen atoms in total. The van der Waals surface area contributed by atoms with Gasteiger partial charge in [-0.15, -0.1) is 0 Å². The van der Waals surface area contributed by atoms with Gasteiger partial charge in [0, 0.05) is 12.5 Å². The second-order valence-corrected chi connectivity index (χ2v) is 6.13. The van der Waals surface area contributed by atoms with Crippen molar-refractivity contribution in [2.75, 3.05) is 7.05 Å². The van der Waals surface area contributed by atoms with Crippen LogP contribution in [0.3, 0.4) is 0 Å². The number of nitrogens with one attached hydrogen (secondary N) is 1. The van der Waals surface area contributed by atoms with E-state index in [1.165, 1.54) is 30.4 Å². The number of aryl methyl sites for hydroxylation is 1. The average Bonchev–Trinajstić information content (AvgIpc) is 2.75. The molecule has 0 saturated carbocycles. The minimum absolute atomic E-state index is 0.390. The Morgan fingerprint density at radius 2 is 2.16 bits per heavy atom. The minimum Gasteiger partial charge on any atom is -0.490 e. The monoisotopic (exact) mass is 261 g/mol. The van der Waals surface area contributed by atoms with Crippen molar-refractivity contribution in [2.45, 2.75) is 58.6 Å². The zero-order valence-electron chi connectivity index (χ0n) is 12.7. The SMILES string of the molecule is CNC(CCCC1Cc2cc(C)ccc2O1)C(C)C. The van der Waals surface area contributed by atoms with Gasteiger partial charge in [-0.3, -0.25) is 0 Å². The third kappa shape index (κ3) is 3.73. The van der Waals surface area contributed by atoms with Gasteiger partial charge in [0.25, 0.3) is 0 Å². The molecule has 0 bridgehead atoms. The van der Waals surface area contributed by atoms with Crippen molar-refractivity contribution >= 4 is 0 Å². The van der Waals surface area contributed by atoms with E-state index < -0.39 is 0 Å². The molecule has 0 aromatic heterocycles. The summed E-state index contributed by atoms with van der Waals surface area (Å²) in [6, 6.07) is 7.15. The van der Waals surface area contributed by atoms with Crippen LogP contribution in [0, 0.1) is 12.8 Å². The molecule has 1 aliphatic heterocycles. The molecule has 1 heterocycles. The van der Waals surface area contributed by atoms with Crippen LogP contribution >= 0.6 is 0 Å².